The number of allylic oxidation sites excluding steroid dienone is 2. The Morgan fingerprint density at radius 2 is 2.43 bits per heavy atom. The third kappa shape index (κ3) is 2.92. The van der Waals surface area contributed by atoms with Crippen molar-refractivity contribution in [3.8, 4) is 11.8 Å². The van der Waals surface area contributed by atoms with Crippen molar-refractivity contribution in [1.29, 1.82) is 0 Å². The van der Waals surface area contributed by atoms with Gasteiger partial charge in [0.05, 0.1) is 11.0 Å². The van der Waals surface area contributed by atoms with Crippen molar-refractivity contribution in [3.05, 3.63) is 34.0 Å². The highest BCUT2D eigenvalue weighted by Gasteiger charge is 2.11. The molecule has 0 N–H and O–H groups in total. The Balaban J connectivity index is 2.75. The molecule has 0 aromatic carbocycles. The zero-order valence-electron chi connectivity index (χ0n) is 6.77. The molecule has 1 aliphatic rings. The van der Waals surface area contributed by atoms with Gasteiger partial charge >= 0.3 is 5.43 Å². The molecule has 0 saturated carbocycles. The van der Waals surface area contributed by atoms with Gasteiger partial charge in [-0.3, -0.25) is 10.1 Å². The van der Waals surface area contributed by atoms with Crippen molar-refractivity contribution in [2.75, 3.05) is 0 Å². The fraction of sp³-hybridized carbons (Fsp3) is 0.125. The van der Waals surface area contributed by atoms with Crippen LogP contribution >= 0.6 is 11.6 Å². The fourth-order valence-corrected chi connectivity index (χ4v) is 0.858. The molecule has 0 radical (unpaired) electrons. The Morgan fingerprint density at radius 1 is 1.71 bits per heavy atom. The van der Waals surface area contributed by atoms with E-state index >= 15 is 0 Å². The van der Waals surface area contributed by atoms with Gasteiger partial charge in [-0.25, -0.2) is 4.79 Å². The predicted octanol–water partition coefficient (Wildman–Crippen LogP) is 1.46. The Bertz CT molecular complexity index is 388. The smallest absolute Gasteiger partial charge is 0.405 e. The minimum absolute atomic E-state index is 0.161. The lowest BCUT2D eigenvalue weighted by molar-refractivity contribution is -0.418. The lowest BCUT2D eigenvalue weighted by Crippen LogP contribution is -2.08. The van der Waals surface area contributed by atoms with Crippen LogP contribution in [0.4, 0.5) is 4.79 Å². The maximum absolute atomic E-state index is 10.3. The first-order chi connectivity index (χ1) is 6.59. The fourth-order valence-electron chi connectivity index (χ4n) is 0.762. The second kappa shape index (κ2) is 4.44. The van der Waals surface area contributed by atoms with Gasteiger partial charge in [-0.15, -0.1) is 0 Å². The van der Waals surface area contributed by atoms with Gasteiger partial charge in [0.2, 0.25) is 0 Å². The van der Waals surface area contributed by atoms with Crippen molar-refractivity contribution >= 4 is 17.0 Å². The monoisotopic (exact) mass is 213 g/mol. The summed E-state index contributed by atoms with van der Waals surface area (Å²) in [6.45, 7) is 0. The van der Waals surface area contributed by atoms with Gasteiger partial charge in [-0.2, -0.15) is 0 Å². The molecule has 1 atom stereocenters. The number of carbonyl (C=O) groups is 1. The number of ether oxygens (including phenoxy) is 1. The number of nitrogens with zero attached hydrogens (tertiary/aromatic N) is 1. The summed E-state index contributed by atoms with van der Waals surface area (Å²) in [6, 6.07) is 0. The topological polar surface area (TPSA) is 69.4 Å². The maximum atomic E-state index is 10.3. The summed E-state index contributed by atoms with van der Waals surface area (Å²) in [5.74, 6) is 4.83. The molecule has 0 aromatic heterocycles. The minimum Gasteiger partial charge on any atom is -0.433 e. The number of hydrogen-bond acceptors (Lipinski definition) is 4. The summed E-state index contributed by atoms with van der Waals surface area (Å²) < 4.78 is 4.51. The first-order valence-electron chi connectivity index (χ1n) is 3.49. The zero-order valence-corrected chi connectivity index (χ0v) is 7.52. The van der Waals surface area contributed by atoms with E-state index in [-0.39, 0.29) is 5.70 Å². The molecule has 6 heteroatoms. The van der Waals surface area contributed by atoms with Gasteiger partial charge < -0.3 is 4.74 Å². The van der Waals surface area contributed by atoms with E-state index in [4.69, 9.17) is 11.6 Å². The number of nitro groups is 1. The van der Waals surface area contributed by atoms with Crippen LogP contribution in [0, 0.1) is 22.0 Å². The van der Waals surface area contributed by atoms with E-state index < -0.39 is 16.5 Å². The highest BCUT2D eigenvalue weighted by Crippen LogP contribution is 2.05. The van der Waals surface area contributed by atoms with E-state index in [1.54, 1.807) is 0 Å². The largest absolute Gasteiger partial charge is 0.433 e. The molecule has 0 aromatic rings. The predicted molar refractivity (Wildman–Crippen MR) is 48.1 cm³/mol. The van der Waals surface area contributed by atoms with Crippen LogP contribution in [0.2, 0.25) is 0 Å². The SMILES string of the molecule is O=C(Cl)OC1C#CC=C([N+](=O)[O-])C=C1. The van der Waals surface area contributed by atoms with Gasteiger partial charge in [0.15, 0.2) is 6.10 Å². The van der Waals surface area contributed by atoms with Crippen molar-refractivity contribution in [2.24, 2.45) is 0 Å². The zero-order chi connectivity index (χ0) is 10.6. The van der Waals surface area contributed by atoms with Crippen LogP contribution in [0.5, 0.6) is 0 Å². The Morgan fingerprint density at radius 3 is 3.00 bits per heavy atom. The third-order valence-electron chi connectivity index (χ3n) is 1.32. The average molecular weight is 214 g/mol. The number of halogens is 1. The van der Waals surface area contributed by atoms with Crippen LogP contribution in [0.25, 0.3) is 0 Å². The highest BCUT2D eigenvalue weighted by atomic mass is 35.5. The molecular formula is C8H4ClNO4. The van der Waals surface area contributed by atoms with Crippen LogP contribution < -0.4 is 0 Å². The van der Waals surface area contributed by atoms with Gasteiger partial charge in [0, 0.05) is 17.7 Å². The summed E-state index contributed by atoms with van der Waals surface area (Å²) in [5.41, 5.74) is -1.16. The van der Waals surface area contributed by atoms with Crippen LogP contribution in [0.15, 0.2) is 23.9 Å². The van der Waals surface area contributed by atoms with Crippen molar-refractivity contribution in [2.45, 2.75) is 6.10 Å². The number of rotatable bonds is 2. The summed E-state index contributed by atoms with van der Waals surface area (Å²) in [4.78, 5) is 20.1. The Hall–Kier alpha value is -1.80. The lowest BCUT2D eigenvalue weighted by Gasteiger charge is -2.01. The third-order valence-corrected chi connectivity index (χ3v) is 1.41. The normalized spacial score (nSPS) is 18.6. The van der Waals surface area contributed by atoms with Crippen molar-refractivity contribution < 1.29 is 14.5 Å². The molecule has 1 unspecified atom stereocenters. The Kier molecular flexibility index (Phi) is 3.26. The average Bonchev–Trinajstić information content (AvgIpc) is 2.28. The second-order valence-electron chi connectivity index (χ2n) is 2.25. The molecule has 0 saturated heterocycles. The van der Waals surface area contributed by atoms with Gasteiger partial charge in [0.1, 0.15) is 0 Å². The molecule has 72 valence electrons. The molecule has 5 nitrogen and oxygen atoms in total. The first-order valence-corrected chi connectivity index (χ1v) is 3.87. The van der Waals surface area contributed by atoms with Gasteiger partial charge in [0.25, 0.3) is 5.70 Å². The molecule has 0 heterocycles. The van der Waals surface area contributed by atoms with Crippen molar-refractivity contribution in [1.82, 2.24) is 0 Å². The maximum Gasteiger partial charge on any atom is 0.405 e. The van der Waals surface area contributed by atoms with E-state index in [9.17, 15) is 14.9 Å². The molecule has 14 heavy (non-hydrogen) atoms. The van der Waals surface area contributed by atoms with Crippen molar-refractivity contribution in [3.63, 3.8) is 0 Å². The van der Waals surface area contributed by atoms with Crippen LogP contribution in [0.3, 0.4) is 0 Å². The minimum atomic E-state index is -1.00. The summed E-state index contributed by atoms with van der Waals surface area (Å²) in [5, 5.41) is 10.3. The van der Waals surface area contributed by atoms with Crippen LogP contribution in [0.1, 0.15) is 0 Å². The van der Waals surface area contributed by atoms with E-state index in [2.05, 4.69) is 16.6 Å². The van der Waals surface area contributed by atoms with Gasteiger partial charge in [-0.1, -0.05) is 5.92 Å². The molecule has 0 aliphatic heterocycles. The quantitative estimate of drug-likeness (QED) is 0.301. The molecule has 0 fully saturated rings. The van der Waals surface area contributed by atoms with Crippen LogP contribution in [-0.2, 0) is 4.74 Å². The van der Waals surface area contributed by atoms with Gasteiger partial charge in [-0.05, 0) is 12.0 Å². The molecule has 1 aliphatic carbocycles. The standard InChI is InChI=1S/C8H4ClNO4/c9-8(11)14-7-3-1-2-6(4-5-7)10(12)13/h2,4-5,7H. The second-order valence-corrected chi connectivity index (χ2v) is 2.56. The summed E-state index contributed by atoms with van der Waals surface area (Å²) in [6.07, 6.45) is 2.76. The number of carbonyl (C=O) groups excluding carboxylic acids is 1. The van der Waals surface area contributed by atoms with E-state index in [1.165, 1.54) is 12.2 Å². The molecule has 1 rings (SSSR count). The highest BCUT2D eigenvalue weighted by molar-refractivity contribution is 6.61. The summed E-state index contributed by atoms with van der Waals surface area (Å²) in [7, 11) is 0. The molecule has 0 amide bonds. The van der Waals surface area contributed by atoms with E-state index in [0.717, 1.165) is 6.08 Å². The van der Waals surface area contributed by atoms with E-state index in [1.807, 2.05) is 0 Å². The first kappa shape index (κ1) is 10.3. The number of hydrogen-bond donors (Lipinski definition) is 0. The Labute approximate surface area is 84.1 Å². The van der Waals surface area contributed by atoms with E-state index in [0.29, 0.717) is 0 Å². The van der Waals surface area contributed by atoms with Crippen LogP contribution in [-0.4, -0.2) is 16.5 Å². The lowest BCUT2D eigenvalue weighted by atomic mass is 10.3. The molecular weight excluding hydrogens is 210 g/mol. The molecule has 0 bridgehead atoms. The summed E-state index contributed by atoms with van der Waals surface area (Å²) >= 11 is 4.95. The molecule has 0 spiro atoms.